The van der Waals surface area contributed by atoms with Gasteiger partial charge in [-0.1, -0.05) is 18.2 Å². The number of benzene rings is 2. The van der Waals surface area contributed by atoms with E-state index in [2.05, 4.69) is 11.4 Å². The van der Waals surface area contributed by atoms with Crippen LogP contribution < -0.4 is 10.1 Å². The van der Waals surface area contributed by atoms with Gasteiger partial charge in [0.2, 0.25) is 5.91 Å². The number of nitro benzene ring substituents is 1. The molecule has 0 fully saturated rings. The standard InChI is InChI=1S/C20H25N3O4/c1-15-12-16(2)14-17(13-15)27-11-10-22(3)9-8-20(24)21-18-6-4-5-7-19(18)23(25)26/h4-7,12-14H,8-11H2,1-3H3,(H,21,24). The lowest BCUT2D eigenvalue weighted by molar-refractivity contribution is -0.383. The quantitative estimate of drug-likeness (QED) is 0.538. The summed E-state index contributed by atoms with van der Waals surface area (Å²) in [4.78, 5) is 24.5. The second-order valence-electron chi connectivity index (χ2n) is 6.55. The zero-order valence-corrected chi connectivity index (χ0v) is 15.9. The van der Waals surface area contributed by atoms with Crippen molar-refractivity contribution in [3.63, 3.8) is 0 Å². The number of anilines is 1. The van der Waals surface area contributed by atoms with Crippen molar-refractivity contribution >= 4 is 17.3 Å². The molecule has 0 aliphatic carbocycles. The van der Waals surface area contributed by atoms with Gasteiger partial charge in [-0.2, -0.15) is 0 Å². The maximum absolute atomic E-state index is 12.1. The predicted octanol–water partition coefficient (Wildman–Crippen LogP) is 3.55. The third-order valence-electron chi connectivity index (χ3n) is 4.03. The minimum absolute atomic E-state index is 0.110. The van der Waals surface area contributed by atoms with Crippen LogP contribution in [0, 0.1) is 24.0 Å². The molecule has 0 unspecified atom stereocenters. The highest BCUT2D eigenvalue weighted by atomic mass is 16.6. The molecule has 144 valence electrons. The molecular weight excluding hydrogens is 346 g/mol. The van der Waals surface area contributed by atoms with Crippen molar-refractivity contribution in [1.29, 1.82) is 0 Å². The van der Waals surface area contributed by atoms with Gasteiger partial charge in [0.05, 0.1) is 4.92 Å². The van der Waals surface area contributed by atoms with Gasteiger partial charge in [0.15, 0.2) is 0 Å². The minimum atomic E-state index is -0.508. The Morgan fingerprint density at radius 1 is 1.15 bits per heavy atom. The molecule has 0 saturated carbocycles. The fourth-order valence-electron chi connectivity index (χ4n) is 2.69. The van der Waals surface area contributed by atoms with Crippen LogP contribution in [-0.2, 0) is 4.79 Å². The summed E-state index contributed by atoms with van der Waals surface area (Å²) in [6.45, 7) is 5.78. The summed E-state index contributed by atoms with van der Waals surface area (Å²) < 4.78 is 5.77. The Kier molecular flexibility index (Phi) is 7.31. The van der Waals surface area contributed by atoms with Crippen molar-refractivity contribution in [2.24, 2.45) is 0 Å². The highest BCUT2D eigenvalue weighted by Gasteiger charge is 2.14. The summed E-state index contributed by atoms with van der Waals surface area (Å²) in [5, 5.41) is 13.6. The van der Waals surface area contributed by atoms with Crippen LogP contribution in [0.4, 0.5) is 11.4 Å². The third-order valence-corrected chi connectivity index (χ3v) is 4.03. The molecule has 0 saturated heterocycles. The average Bonchev–Trinajstić information content (AvgIpc) is 2.59. The van der Waals surface area contributed by atoms with Gasteiger partial charge in [0.1, 0.15) is 18.0 Å². The first kappa shape index (κ1) is 20.4. The first-order chi connectivity index (χ1) is 12.8. The van der Waals surface area contributed by atoms with Crippen LogP contribution in [-0.4, -0.2) is 42.5 Å². The Labute approximate surface area is 159 Å². The van der Waals surface area contributed by atoms with Crippen molar-refractivity contribution in [3.8, 4) is 5.75 Å². The van der Waals surface area contributed by atoms with Gasteiger partial charge in [-0.25, -0.2) is 0 Å². The SMILES string of the molecule is Cc1cc(C)cc(OCCN(C)CCC(=O)Nc2ccccc2[N+](=O)[O-])c1. The molecule has 0 bridgehead atoms. The van der Waals surface area contributed by atoms with Crippen LogP contribution in [0.3, 0.4) is 0 Å². The number of hydrogen-bond acceptors (Lipinski definition) is 5. The smallest absolute Gasteiger partial charge is 0.292 e. The molecule has 7 heteroatoms. The van der Waals surface area contributed by atoms with Crippen LogP contribution >= 0.6 is 0 Å². The van der Waals surface area contributed by atoms with Gasteiger partial charge < -0.3 is 15.0 Å². The Hall–Kier alpha value is -2.93. The van der Waals surface area contributed by atoms with Crippen molar-refractivity contribution in [2.45, 2.75) is 20.3 Å². The van der Waals surface area contributed by atoms with Crippen LogP contribution in [0.2, 0.25) is 0 Å². The van der Waals surface area contributed by atoms with Crippen molar-refractivity contribution in [2.75, 3.05) is 32.1 Å². The molecule has 2 aromatic carbocycles. The van der Waals surface area contributed by atoms with Crippen molar-refractivity contribution in [3.05, 3.63) is 63.7 Å². The number of amides is 1. The number of carbonyl (C=O) groups is 1. The molecule has 0 radical (unpaired) electrons. The predicted molar refractivity (Wildman–Crippen MR) is 105 cm³/mol. The number of nitrogens with one attached hydrogen (secondary N) is 1. The number of rotatable bonds is 9. The number of hydrogen-bond donors (Lipinski definition) is 1. The number of aryl methyl sites for hydroxylation is 2. The van der Waals surface area contributed by atoms with E-state index in [0.717, 1.165) is 16.9 Å². The Balaban J connectivity index is 1.74. The number of nitrogens with zero attached hydrogens (tertiary/aromatic N) is 2. The fourth-order valence-corrected chi connectivity index (χ4v) is 2.69. The second-order valence-corrected chi connectivity index (χ2v) is 6.55. The lowest BCUT2D eigenvalue weighted by Gasteiger charge is -2.17. The molecule has 27 heavy (non-hydrogen) atoms. The second kappa shape index (κ2) is 9.68. The molecule has 0 aliphatic heterocycles. The Bertz CT molecular complexity index is 787. The van der Waals surface area contributed by atoms with Gasteiger partial charge >= 0.3 is 0 Å². The van der Waals surface area contributed by atoms with Crippen LogP contribution in [0.15, 0.2) is 42.5 Å². The van der Waals surface area contributed by atoms with E-state index in [1.54, 1.807) is 12.1 Å². The van der Waals surface area contributed by atoms with Crippen molar-refractivity contribution in [1.82, 2.24) is 4.90 Å². The summed E-state index contributed by atoms with van der Waals surface area (Å²) in [6.07, 6.45) is 0.242. The van der Waals surface area contributed by atoms with Gasteiger partial charge in [-0.15, -0.1) is 0 Å². The molecule has 0 heterocycles. The Morgan fingerprint density at radius 3 is 2.48 bits per heavy atom. The molecule has 0 spiro atoms. The molecule has 1 amide bonds. The van der Waals surface area contributed by atoms with Crippen LogP contribution in [0.5, 0.6) is 5.75 Å². The zero-order chi connectivity index (χ0) is 19.8. The van der Waals surface area contributed by atoms with Gasteiger partial charge in [0, 0.05) is 25.6 Å². The molecule has 2 aromatic rings. The normalized spacial score (nSPS) is 10.7. The van der Waals surface area contributed by atoms with E-state index in [9.17, 15) is 14.9 Å². The molecule has 1 N–H and O–H groups in total. The molecule has 0 aromatic heterocycles. The number of para-hydroxylation sites is 2. The van der Waals surface area contributed by atoms with Crippen LogP contribution in [0.1, 0.15) is 17.5 Å². The Morgan fingerprint density at radius 2 is 1.81 bits per heavy atom. The number of nitro groups is 1. The van der Waals surface area contributed by atoms with E-state index in [0.29, 0.717) is 19.7 Å². The van der Waals surface area contributed by atoms with E-state index in [4.69, 9.17) is 4.74 Å². The number of carbonyl (C=O) groups excluding carboxylic acids is 1. The highest BCUT2D eigenvalue weighted by molar-refractivity contribution is 5.93. The summed E-state index contributed by atoms with van der Waals surface area (Å²) in [5.74, 6) is 0.585. The highest BCUT2D eigenvalue weighted by Crippen LogP contribution is 2.23. The summed E-state index contributed by atoms with van der Waals surface area (Å²) in [6, 6.07) is 12.2. The fraction of sp³-hybridized carbons (Fsp3) is 0.350. The van der Waals surface area contributed by atoms with Gasteiger partial charge in [0.25, 0.3) is 5.69 Å². The molecule has 2 rings (SSSR count). The van der Waals surface area contributed by atoms with E-state index in [1.165, 1.54) is 12.1 Å². The van der Waals surface area contributed by atoms with E-state index in [-0.39, 0.29) is 23.7 Å². The number of ether oxygens (including phenoxy) is 1. The van der Waals surface area contributed by atoms with E-state index < -0.39 is 4.92 Å². The van der Waals surface area contributed by atoms with Crippen molar-refractivity contribution < 1.29 is 14.5 Å². The maximum Gasteiger partial charge on any atom is 0.292 e. The maximum atomic E-state index is 12.1. The van der Waals surface area contributed by atoms with E-state index >= 15 is 0 Å². The van der Waals surface area contributed by atoms with E-state index in [1.807, 2.05) is 37.9 Å². The molecule has 0 atom stereocenters. The first-order valence-corrected chi connectivity index (χ1v) is 8.78. The van der Waals surface area contributed by atoms with Crippen LogP contribution in [0.25, 0.3) is 0 Å². The lowest BCUT2D eigenvalue weighted by atomic mass is 10.1. The topological polar surface area (TPSA) is 84.7 Å². The zero-order valence-electron chi connectivity index (χ0n) is 15.9. The number of likely N-dealkylation sites (N-methyl/N-ethyl adjacent to an activating group) is 1. The minimum Gasteiger partial charge on any atom is -0.492 e. The summed E-state index contributed by atoms with van der Waals surface area (Å²) in [7, 11) is 1.91. The molecular formula is C20H25N3O4. The first-order valence-electron chi connectivity index (χ1n) is 8.78. The van der Waals surface area contributed by atoms with Gasteiger partial charge in [-0.3, -0.25) is 14.9 Å². The molecule has 0 aliphatic rings. The average molecular weight is 371 g/mol. The largest absolute Gasteiger partial charge is 0.492 e. The lowest BCUT2D eigenvalue weighted by Crippen LogP contribution is -2.28. The van der Waals surface area contributed by atoms with Gasteiger partial charge in [-0.05, 0) is 50.2 Å². The molecule has 7 nitrogen and oxygen atoms in total. The summed E-state index contributed by atoms with van der Waals surface area (Å²) >= 11 is 0. The summed E-state index contributed by atoms with van der Waals surface area (Å²) in [5.41, 5.74) is 2.42. The third kappa shape index (κ3) is 6.71. The monoisotopic (exact) mass is 371 g/mol.